The Morgan fingerprint density at radius 3 is 2.52 bits per heavy atom. The van der Waals surface area contributed by atoms with Gasteiger partial charge in [0.05, 0.1) is 0 Å². The summed E-state index contributed by atoms with van der Waals surface area (Å²) in [5, 5.41) is 3.64. The Bertz CT molecular complexity index is 334. The van der Waals surface area contributed by atoms with E-state index in [4.69, 9.17) is 4.74 Å². The van der Waals surface area contributed by atoms with Gasteiger partial charge in [-0.25, -0.2) is 4.79 Å². The van der Waals surface area contributed by atoms with Gasteiger partial charge in [-0.1, -0.05) is 26.7 Å². The van der Waals surface area contributed by atoms with Crippen molar-refractivity contribution in [3.8, 4) is 0 Å². The van der Waals surface area contributed by atoms with Gasteiger partial charge >= 0.3 is 6.09 Å². The number of hydrogen-bond donors (Lipinski definition) is 1. The highest BCUT2D eigenvalue weighted by Gasteiger charge is 2.31. The van der Waals surface area contributed by atoms with E-state index in [-0.39, 0.29) is 6.09 Å². The molecule has 4 nitrogen and oxygen atoms in total. The lowest BCUT2D eigenvalue weighted by Crippen LogP contribution is -2.47. The molecule has 1 aliphatic carbocycles. The number of rotatable bonds is 5. The van der Waals surface area contributed by atoms with Crippen molar-refractivity contribution in [1.82, 2.24) is 10.2 Å². The Morgan fingerprint density at radius 1 is 1.33 bits per heavy atom. The fourth-order valence-corrected chi connectivity index (χ4v) is 2.95. The van der Waals surface area contributed by atoms with Gasteiger partial charge in [-0.3, -0.25) is 0 Å². The molecule has 1 atom stereocenters. The summed E-state index contributed by atoms with van der Waals surface area (Å²) in [6, 6.07) is 0.559. The average molecular weight is 298 g/mol. The van der Waals surface area contributed by atoms with Crippen molar-refractivity contribution in [2.45, 2.75) is 78.9 Å². The normalized spacial score (nSPS) is 21.9. The smallest absolute Gasteiger partial charge is 0.410 e. The van der Waals surface area contributed by atoms with Crippen LogP contribution in [-0.4, -0.2) is 42.3 Å². The fraction of sp³-hybridized carbons (Fsp3) is 0.941. The second-order valence-electron chi connectivity index (χ2n) is 7.80. The Kier molecular flexibility index (Phi) is 6.51. The number of ether oxygens (including phenoxy) is 1. The molecule has 0 bridgehead atoms. The van der Waals surface area contributed by atoms with E-state index in [0.717, 1.165) is 6.54 Å². The van der Waals surface area contributed by atoms with Crippen LogP contribution in [0.3, 0.4) is 0 Å². The molecule has 0 aromatic heterocycles. The quantitative estimate of drug-likeness (QED) is 0.839. The maximum Gasteiger partial charge on any atom is 0.410 e. The first-order valence-electron chi connectivity index (χ1n) is 8.37. The first kappa shape index (κ1) is 18.3. The highest BCUT2D eigenvalue weighted by molar-refractivity contribution is 5.68. The van der Waals surface area contributed by atoms with Crippen LogP contribution in [0.1, 0.15) is 67.2 Å². The lowest BCUT2D eigenvalue weighted by atomic mass is 9.73. The molecule has 21 heavy (non-hydrogen) atoms. The van der Waals surface area contributed by atoms with Crippen LogP contribution in [0.5, 0.6) is 0 Å². The lowest BCUT2D eigenvalue weighted by molar-refractivity contribution is 0.0257. The number of amides is 1. The third-order valence-corrected chi connectivity index (χ3v) is 4.31. The molecule has 1 saturated carbocycles. The monoisotopic (exact) mass is 298 g/mol. The molecule has 1 unspecified atom stereocenters. The molecule has 1 amide bonds. The molecule has 0 aromatic rings. The standard InChI is InChI=1S/C17H34N2O2/c1-7-19(15(20)21-16(2,3)4)13-12-18-14-10-8-9-11-17(14,5)6/h14,18H,7-13H2,1-6H3. The maximum atomic E-state index is 12.1. The summed E-state index contributed by atoms with van der Waals surface area (Å²) < 4.78 is 5.43. The molecule has 0 heterocycles. The summed E-state index contributed by atoms with van der Waals surface area (Å²) in [7, 11) is 0. The van der Waals surface area contributed by atoms with E-state index in [1.807, 2.05) is 27.7 Å². The summed E-state index contributed by atoms with van der Waals surface area (Å²) in [6.45, 7) is 14.6. The summed E-state index contributed by atoms with van der Waals surface area (Å²) >= 11 is 0. The Labute approximate surface area is 130 Å². The van der Waals surface area contributed by atoms with Crippen molar-refractivity contribution in [1.29, 1.82) is 0 Å². The highest BCUT2D eigenvalue weighted by atomic mass is 16.6. The van der Waals surface area contributed by atoms with Crippen LogP contribution in [0.15, 0.2) is 0 Å². The fourth-order valence-electron chi connectivity index (χ4n) is 2.95. The van der Waals surface area contributed by atoms with Gasteiger partial charge in [-0.2, -0.15) is 0 Å². The Hall–Kier alpha value is -0.770. The van der Waals surface area contributed by atoms with Crippen molar-refractivity contribution in [2.24, 2.45) is 5.41 Å². The molecule has 0 saturated heterocycles. The van der Waals surface area contributed by atoms with Gasteiger partial charge in [0.15, 0.2) is 0 Å². The van der Waals surface area contributed by atoms with Crippen LogP contribution < -0.4 is 5.32 Å². The third-order valence-electron chi connectivity index (χ3n) is 4.31. The largest absolute Gasteiger partial charge is 0.444 e. The summed E-state index contributed by atoms with van der Waals surface area (Å²) in [5.74, 6) is 0. The highest BCUT2D eigenvalue weighted by Crippen LogP contribution is 2.35. The van der Waals surface area contributed by atoms with Crippen LogP contribution in [-0.2, 0) is 4.74 Å². The van der Waals surface area contributed by atoms with Gasteiger partial charge in [-0.05, 0) is 46.0 Å². The number of likely N-dealkylation sites (N-methyl/N-ethyl adjacent to an activating group) is 1. The Morgan fingerprint density at radius 2 is 2.00 bits per heavy atom. The SMILES string of the molecule is CCN(CCNC1CCCCC1(C)C)C(=O)OC(C)(C)C. The third kappa shape index (κ3) is 6.25. The second kappa shape index (κ2) is 7.48. The number of carbonyl (C=O) groups excluding carboxylic acids is 1. The predicted molar refractivity (Wildman–Crippen MR) is 87.5 cm³/mol. The van der Waals surface area contributed by atoms with Gasteiger partial charge in [0, 0.05) is 25.7 Å². The molecule has 1 N–H and O–H groups in total. The van der Waals surface area contributed by atoms with Crippen molar-refractivity contribution < 1.29 is 9.53 Å². The molecule has 1 fully saturated rings. The molecule has 0 spiro atoms. The number of nitrogens with one attached hydrogen (secondary N) is 1. The first-order valence-corrected chi connectivity index (χ1v) is 8.37. The molecular weight excluding hydrogens is 264 g/mol. The Balaban J connectivity index is 2.40. The molecule has 0 aromatic carbocycles. The zero-order chi connectivity index (χ0) is 16.1. The molecule has 4 heteroatoms. The summed E-state index contributed by atoms with van der Waals surface area (Å²) in [6.07, 6.45) is 4.96. The number of hydrogen-bond acceptors (Lipinski definition) is 3. The molecular formula is C17H34N2O2. The summed E-state index contributed by atoms with van der Waals surface area (Å²) in [5.41, 5.74) is -0.0650. The van der Waals surface area contributed by atoms with Crippen LogP contribution in [0.2, 0.25) is 0 Å². The average Bonchev–Trinajstić information content (AvgIpc) is 2.33. The molecule has 1 rings (SSSR count). The first-order chi connectivity index (χ1) is 9.65. The van der Waals surface area contributed by atoms with E-state index in [0.29, 0.717) is 24.5 Å². The van der Waals surface area contributed by atoms with Gasteiger partial charge in [0.1, 0.15) is 5.60 Å². The van der Waals surface area contributed by atoms with E-state index in [2.05, 4.69) is 19.2 Å². The van der Waals surface area contributed by atoms with Gasteiger partial charge in [-0.15, -0.1) is 0 Å². The minimum Gasteiger partial charge on any atom is -0.444 e. The minimum absolute atomic E-state index is 0.213. The van der Waals surface area contributed by atoms with Gasteiger partial charge in [0.2, 0.25) is 0 Å². The van der Waals surface area contributed by atoms with E-state index in [1.54, 1.807) is 4.90 Å². The lowest BCUT2D eigenvalue weighted by Gasteiger charge is -2.39. The van der Waals surface area contributed by atoms with Crippen LogP contribution in [0.25, 0.3) is 0 Å². The topological polar surface area (TPSA) is 41.6 Å². The number of nitrogens with zero attached hydrogens (tertiary/aromatic N) is 1. The number of carbonyl (C=O) groups is 1. The minimum atomic E-state index is -0.427. The van der Waals surface area contributed by atoms with E-state index >= 15 is 0 Å². The van der Waals surface area contributed by atoms with Crippen LogP contribution >= 0.6 is 0 Å². The molecule has 1 aliphatic rings. The van der Waals surface area contributed by atoms with Gasteiger partial charge in [0.25, 0.3) is 0 Å². The van der Waals surface area contributed by atoms with Crippen molar-refractivity contribution in [3.63, 3.8) is 0 Å². The zero-order valence-corrected chi connectivity index (χ0v) is 14.8. The van der Waals surface area contributed by atoms with Crippen LogP contribution in [0, 0.1) is 5.41 Å². The zero-order valence-electron chi connectivity index (χ0n) is 14.8. The molecule has 0 aliphatic heterocycles. The van der Waals surface area contributed by atoms with E-state index in [1.165, 1.54) is 25.7 Å². The van der Waals surface area contributed by atoms with Crippen LogP contribution in [0.4, 0.5) is 4.79 Å². The van der Waals surface area contributed by atoms with Crippen molar-refractivity contribution in [3.05, 3.63) is 0 Å². The molecule has 0 radical (unpaired) electrons. The predicted octanol–water partition coefficient (Wildman–Crippen LogP) is 3.80. The van der Waals surface area contributed by atoms with Crippen molar-refractivity contribution >= 4 is 6.09 Å². The maximum absolute atomic E-state index is 12.1. The van der Waals surface area contributed by atoms with Gasteiger partial charge < -0.3 is 15.0 Å². The molecule has 124 valence electrons. The second-order valence-corrected chi connectivity index (χ2v) is 7.80. The van der Waals surface area contributed by atoms with Crippen molar-refractivity contribution in [2.75, 3.05) is 19.6 Å². The summed E-state index contributed by atoms with van der Waals surface area (Å²) in [4.78, 5) is 13.8. The van der Waals surface area contributed by atoms with E-state index in [9.17, 15) is 4.79 Å². The van der Waals surface area contributed by atoms with E-state index < -0.39 is 5.60 Å².